The molecule has 5 heteroatoms. The van der Waals surface area contributed by atoms with Crippen LogP contribution in [0, 0.1) is 0 Å². The van der Waals surface area contributed by atoms with Crippen molar-refractivity contribution >= 4 is 16.8 Å². The number of aromatic nitrogens is 1. The zero-order valence-electron chi connectivity index (χ0n) is 15.7. The first-order chi connectivity index (χ1) is 13.2. The highest BCUT2D eigenvalue weighted by molar-refractivity contribution is 5.99. The SMILES string of the molecule is COc1cc(CNC(=O)c2ccc3[nH]c4c(c3c2)CCCC4)cc(OC)c1. The molecule has 2 aromatic carbocycles. The second-order valence-corrected chi connectivity index (χ2v) is 6.95. The lowest BCUT2D eigenvalue weighted by Gasteiger charge is -2.11. The maximum absolute atomic E-state index is 12.7. The predicted octanol–water partition coefficient (Wildman–Crippen LogP) is 3.99. The fourth-order valence-electron chi connectivity index (χ4n) is 3.80. The van der Waals surface area contributed by atoms with Crippen LogP contribution in [-0.4, -0.2) is 25.1 Å². The number of carbonyl (C=O) groups excluding carboxylic acids is 1. The Morgan fingerprint density at radius 3 is 2.52 bits per heavy atom. The minimum absolute atomic E-state index is 0.0792. The Hall–Kier alpha value is -2.95. The van der Waals surface area contributed by atoms with Crippen LogP contribution in [0.15, 0.2) is 36.4 Å². The highest BCUT2D eigenvalue weighted by Crippen LogP contribution is 2.29. The lowest BCUT2D eigenvalue weighted by molar-refractivity contribution is 0.0951. The third kappa shape index (κ3) is 3.50. The Kier molecular flexibility index (Phi) is 4.75. The second kappa shape index (κ2) is 7.35. The van der Waals surface area contributed by atoms with Gasteiger partial charge in [0.2, 0.25) is 0 Å². The standard InChI is InChI=1S/C22H24N2O3/c1-26-16-9-14(10-17(12-16)27-2)13-23-22(25)15-7-8-21-19(11-15)18-5-3-4-6-20(18)24-21/h7-12,24H,3-6,13H2,1-2H3,(H,23,25). The molecule has 1 heterocycles. The molecular weight excluding hydrogens is 340 g/mol. The molecule has 0 saturated heterocycles. The summed E-state index contributed by atoms with van der Waals surface area (Å²) in [6.45, 7) is 0.412. The van der Waals surface area contributed by atoms with Gasteiger partial charge < -0.3 is 19.8 Å². The summed E-state index contributed by atoms with van der Waals surface area (Å²) in [5, 5.41) is 4.18. The van der Waals surface area contributed by atoms with Gasteiger partial charge in [-0.15, -0.1) is 0 Å². The van der Waals surface area contributed by atoms with E-state index in [4.69, 9.17) is 9.47 Å². The molecule has 4 rings (SSSR count). The molecule has 1 amide bonds. The third-order valence-electron chi connectivity index (χ3n) is 5.22. The average molecular weight is 364 g/mol. The molecule has 0 bridgehead atoms. The van der Waals surface area contributed by atoms with E-state index in [9.17, 15) is 4.79 Å². The topological polar surface area (TPSA) is 63.3 Å². The molecule has 0 aliphatic heterocycles. The highest BCUT2D eigenvalue weighted by atomic mass is 16.5. The van der Waals surface area contributed by atoms with Gasteiger partial charge in [0.15, 0.2) is 0 Å². The number of rotatable bonds is 5. The Labute approximate surface area is 158 Å². The first kappa shape index (κ1) is 17.5. The van der Waals surface area contributed by atoms with Crippen LogP contribution in [0.1, 0.15) is 40.0 Å². The van der Waals surface area contributed by atoms with Crippen molar-refractivity contribution in [2.75, 3.05) is 14.2 Å². The number of H-pyrrole nitrogens is 1. The Morgan fingerprint density at radius 2 is 1.78 bits per heavy atom. The summed E-state index contributed by atoms with van der Waals surface area (Å²) in [6.07, 6.45) is 4.64. The summed E-state index contributed by atoms with van der Waals surface area (Å²) in [6, 6.07) is 11.5. The number of hydrogen-bond donors (Lipinski definition) is 2. The molecule has 1 aliphatic rings. The van der Waals surface area contributed by atoms with Crippen molar-refractivity contribution in [3.8, 4) is 11.5 Å². The molecule has 0 unspecified atom stereocenters. The van der Waals surface area contributed by atoms with Crippen LogP contribution in [0.4, 0.5) is 0 Å². The average Bonchev–Trinajstić information content (AvgIpc) is 3.09. The lowest BCUT2D eigenvalue weighted by atomic mass is 9.95. The number of ether oxygens (including phenoxy) is 2. The number of amides is 1. The van der Waals surface area contributed by atoms with E-state index in [1.54, 1.807) is 14.2 Å². The molecule has 1 aliphatic carbocycles. The highest BCUT2D eigenvalue weighted by Gasteiger charge is 2.16. The van der Waals surface area contributed by atoms with Crippen molar-refractivity contribution in [3.63, 3.8) is 0 Å². The number of methoxy groups -OCH3 is 2. The number of fused-ring (bicyclic) bond motifs is 3. The normalized spacial score (nSPS) is 13.3. The molecule has 0 fully saturated rings. The second-order valence-electron chi connectivity index (χ2n) is 6.95. The van der Waals surface area contributed by atoms with Crippen LogP contribution in [0.5, 0.6) is 11.5 Å². The molecule has 0 spiro atoms. The maximum Gasteiger partial charge on any atom is 0.251 e. The molecule has 3 aromatic rings. The van der Waals surface area contributed by atoms with Crippen LogP contribution in [0.3, 0.4) is 0 Å². The van der Waals surface area contributed by atoms with Gasteiger partial charge in [-0.05, 0) is 67.1 Å². The number of hydrogen-bond acceptors (Lipinski definition) is 3. The van der Waals surface area contributed by atoms with Crippen molar-refractivity contribution in [1.29, 1.82) is 0 Å². The summed E-state index contributed by atoms with van der Waals surface area (Å²) < 4.78 is 10.6. The van der Waals surface area contributed by atoms with Crippen molar-refractivity contribution in [2.45, 2.75) is 32.2 Å². The monoisotopic (exact) mass is 364 g/mol. The van der Waals surface area contributed by atoms with Gasteiger partial charge in [0.1, 0.15) is 11.5 Å². The van der Waals surface area contributed by atoms with E-state index in [0.717, 1.165) is 23.9 Å². The lowest BCUT2D eigenvalue weighted by Crippen LogP contribution is -2.22. The largest absolute Gasteiger partial charge is 0.497 e. The van der Waals surface area contributed by atoms with Crippen LogP contribution in [0.2, 0.25) is 0 Å². The van der Waals surface area contributed by atoms with Gasteiger partial charge in [-0.3, -0.25) is 4.79 Å². The molecule has 2 N–H and O–H groups in total. The van der Waals surface area contributed by atoms with E-state index in [0.29, 0.717) is 23.6 Å². The minimum Gasteiger partial charge on any atom is -0.497 e. The molecule has 140 valence electrons. The minimum atomic E-state index is -0.0792. The number of aryl methyl sites for hydroxylation is 2. The third-order valence-corrected chi connectivity index (χ3v) is 5.22. The van der Waals surface area contributed by atoms with E-state index < -0.39 is 0 Å². The predicted molar refractivity (Wildman–Crippen MR) is 106 cm³/mol. The quantitative estimate of drug-likeness (QED) is 0.719. The summed E-state index contributed by atoms with van der Waals surface area (Å²) in [4.78, 5) is 16.2. The first-order valence-corrected chi connectivity index (χ1v) is 9.31. The van der Waals surface area contributed by atoms with Crippen molar-refractivity contribution in [3.05, 3.63) is 58.8 Å². The van der Waals surface area contributed by atoms with E-state index in [2.05, 4.69) is 10.3 Å². The fraction of sp³-hybridized carbons (Fsp3) is 0.318. The first-order valence-electron chi connectivity index (χ1n) is 9.31. The van der Waals surface area contributed by atoms with E-state index in [1.165, 1.54) is 29.5 Å². The molecule has 0 atom stereocenters. The fourth-order valence-corrected chi connectivity index (χ4v) is 3.80. The molecule has 27 heavy (non-hydrogen) atoms. The Morgan fingerprint density at radius 1 is 1.04 bits per heavy atom. The molecule has 0 radical (unpaired) electrons. The van der Waals surface area contributed by atoms with Gasteiger partial charge in [0.05, 0.1) is 14.2 Å². The Bertz CT molecular complexity index is 968. The van der Waals surface area contributed by atoms with Gasteiger partial charge in [-0.1, -0.05) is 0 Å². The number of benzene rings is 2. The van der Waals surface area contributed by atoms with Crippen molar-refractivity contribution < 1.29 is 14.3 Å². The van der Waals surface area contributed by atoms with Crippen molar-refractivity contribution in [1.82, 2.24) is 10.3 Å². The molecule has 0 saturated carbocycles. The molecule has 5 nitrogen and oxygen atoms in total. The van der Waals surface area contributed by atoms with Crippen LogP contribution < -0.4 is 14.8 Å². The van der Waals surface area contributed by atoms with Gasteiger partial charge in [-0.2, -0.15) is 0 Å². The van der Waals surface area contributed by atoms with Crippen LogP contribution in [0.25, 0.3) is 10.9 Å². The van der Waals surface area contributed by atoms with Crippen molar-refractivity contribution in [2.24, 2.45) is 0 Å². The summed E-state index contributed by atoms with van der Waals surface area (Å²) in [5.74, 6) is 1.34. The van der Waals surface area contributed by atoms with Gasteiger partial charge in [0, 0.05) is 34.8 Å². The van der Waals surface area contributed by atoms with Gasteiger partial charge >= 0.3 is 0 Å². The number of aromatic amines is 1. The van der Waals surface area contributed by atoms with E-state index in [-0.39, 0.29) is 5.91 Å². The summed E-state index contributed by atoms with van der Waals surface area (Å²) in [5.41, 5.74) is 5.45. The summed E-state index contributed by atoms with van der Waals surface area (Å²) in [7, 11) is 3.23. The van der Waals surface area contributed by atoms with Crippen LogP contribution in [-0.2, 0) is 19.4 Å². The van der Waals surface area contributed by atoms with Gasteiger partial charge in [0.25, 0.3) is 5.91 Å². The zero-order chi connectivity index (χ0) is 18.8. The maximum atomic E-state index is 12.7. The Balaban J connectivity index is 1.53. The number of nitrogens with one attached hydrogen (secondary N) is 2. The number of carbonyl (C=O) groups is 1. The van der Waals surface area contributed by atoms with Crippen LogP contribution >= 0.6 is 0 Å². The smallest absolute Gasteiger partial charge is 0.251 e. The molecular formula is C22H24N2O3. The zero-order valence-corrected chi connectivity index (χ0v) is 15.7. The van der Waals surface area contributed by atoms with E-state index >= 15 is 0 Å². The molecule has 1 aromatic heterocycles. The summed E-state index contributed by atoms with van der Waals surface area (Å²) >= 11 is 0. The van der Waals surface area contributed by atoms with Gasteiger partial charge in [-0.25, -0.2) is 0 Å². The van der Waals surface area contributed by atoms with E-state index in [1.807, 2.05) is 36.4 Å².